The standard InChI is InChI=1S/C11H9ClO5/c12-6-1-2-7-8(5-6)17-4-3-11(7,9(13)14)10(15)16/h1-2,5H,3-4H2,(H,13,14)(H,15,16). The monoisotopic (exact) mass is 256 g/mol. The Bertz CT molecular complexity index is 483. The number of carboxylic acids is 2. The molecule has 17 heavy (non-hydrogen) atoms. The van der Waals surface area contributed by atoms with Crippen LogP contribution in [0.5, 0.6) is 5.75 Å². The fourth-order valence-corrected chi connectivity index (χ4v) is 2.11. The number of hydrogen-bond acceptors (Lipinski definition) is 3. The topological polar surface area (TPSA) is 83.8 Å². The Balaban J connectivity index is 2.67. The maximum atomic E-state index is 11.3. The highest BCUT2D eigenvalue weighted by Crippen LogP contribution is 2.40. The van der Waals surface area contributed by atoms with Gasteiger partial charge < -0.3 is 14.9 Å². The summed E-state index contributed by atoms with van der Waals surface area (Å²) < 4.78 is 5.25. The van der Waals surface area contributed by atoms with Crippen molar-refractivity contribution in [2.24, 2.45) is 0 Å². The Morgan fingerprint density at radius 1 is 1.29 bits per heavy atom. The number of aliphatic carboxylic acids is 2. The smallest absolute Gasteiger partial charge is 0.325 e. The van der Waals surface area contributed by atoms with E-state index in [1.165, 1.54) is 18.2 Å². The molecule has 0 bridgehead atoms. The fraction of sp³-hybridized carbons (Fsp3) is 0.273. The molecule has 0 unspecified atom stereocenters. The molecule has 0 saturated heterocycles. The normalized spacial score (nSPS) is 16.8. The van der Waals surface area contributed by atoms with Crippen LogP contribution in [0.4, 0.5) is 0 Å². The first kappa shape index (κ1) is 11.7. The van der Waals surface area contributed by atoms with E-state index in [4.69, 9.17) is 16.3 Å². The Labute approximate surface area is 102 Å². The second-order valence-corrected chi connectivity index (χ2v) is 4.19. The van der Waals surface area contributed by atoms with Crippen molar-refractivity contribution in [2.75, 3.05) is 6.61 Å². The molecule has 0 aliphatic carbocycles. The molecule has 0 aromatic heterocycles. The van der Waals surface area contributed by atoms with Crippen molar-refractivity contribution in [3.8, 4) is 5.75 Å². The van der Waals surface area contributed by atoms with Crippen molar-refractivity contribution >= 4 is 23.5 Å². The molecular weight excluding hydrogens is 248 g/mol. The summed E-state index contributed by atoms with van der Waals surface area (Å²) in [5, 5.41) is 18.8. The number of fused-ring (bicyclic) bond motifs is 1. The SMILES string of the molecule is O=C(O)C1(C(=O)O)CCOc2cc(Cl)ccc21. The Morgan fingerprint density at radius 2 is 1.94 bits per heavy atom. The van der Waals surface area contributed by atoms with Crippen LogP contribution in [0.3, 0.4) is 0 Å². The molecule has 0 radical (unpaired) electrons. The van der Waals surface area contributed by atoms with E-state index in [1.807, 2.05) is 0 Å². The van der Waals surface area contributed by atoms with Gasteiger partial charge >= 0.3 is 11.9 Å². The second kappa shape index (κ2) is 3.92. The first-order valence-corrected chi connectivity index (χ1v) is 5.26. The number of halogens is 1. The summed E-state index contributed by atoms with van der Waals surface area (Å²) in [5.74, 6) is -2.57. The van der Waals surface area contributed by atoms with Crippen LogP contribution >= 0.6 is 11.6 Å². The minimum atomic E-state index is -1.95. The number of benzene rings is 1. The van der Waals surface area contributed by atoms with Crippen molar-refractivity contribution in [1.82, 2.24) is 0 Å². The molecule has 0 amide bonds. The van der Waals surface area contributed by atoms with Gasteiger partial charge in [-0.3, -0.25) is 9.59 Å². The van der Waals surface area contributed by atoms with Gasteiger partial charge in [-0.25, -0.2) is 0 Å². The fourth-order valence-electron chi connectivity index (χ4n) is 1.95. The molecule has 1 heterocycles. The number of rotatable bonds is 2. The van der Waals surface area contributed by atoms with Gasteiger partial charge in [-0.15, -0.1) is 0 Å². The van der Waals surface area contributed by atoms with Gasteiger partial charge in [0.25, 0.3) is 0 Å². The molecule has 1 aliphatic heterocycles. The van der Waals surface area contributed by atoms with E-state index in [1.54, 1.807) is 0 Å². The molecule has 1 aromatic rings. The summed E-state index contributed by atoms with van der Waals surface area (Å²) in [5.41, 5.74) is -1.81. The second-order valence-electron chi connectivity index (χ2n) is 3.75. The lowest BCUT2D eigenvalue weighted by Crippen LogP contribution is -2.47. The molecule has 90 valence electrons. The molecule has 5 nitrogen and oxygen atoms in total. The van der Waals surface area contributed by atoms with E-state index in [-0.39, 0.29) is 24.3 Å². The third-order valence-electron chi connectivity index (χ3n) is 2.87. The third kappa shape index (κ3) is 1.63. The summed E-state index contributed by atoms with van der Waals surface area (Å²) in [6, 6.07) is 4.27. The van der Waals surface area contributed by atoms with Crippen LogP contribution in [0.25, 0.3) is 0 Å². The maximum Gasteiger partial charge on any atom is 0.325 e. The van der Waals surface area contributed by atoms with E-state index in [0.29, 0.717) is 5.02 Å². The average molecular weight is 257 g/mol. The van der Waals surface area contributed by atoms with E-state index in [2.05, 4.69) is 0 Å². The summed E-state index contributed by atoms with van der Waals surface area (Å²) in [4.78, 5) is 22.6. The quantitative estimate of drug-likeness (QED) is 0.784. The zero-order valence-corrected chi connectivity index (χ0v) is 9.40. The highest BCUT2D eigenvalue weighted by molar-refractivity contribution is 6.30. The molecule has 0 spiro atoms. The summed E-state index contributed by atoms with van der Waals surface area (Å²) in [6.45, 7) is 0.0337. The number of carbonyl (C=O) groups is 2. The van der Waals surface area contributed by atoms with Gasteiger partial charge in [0.2, 0.25) is 0 Å². The zero-order valence-electron chi connectivity index (χ0n) is 8.64. The van der Waals surface area contributed by atoms with Crippen LogP contribution in [0.2, 0.25) is 5.02 Å². The van der Waals surface area contributed by atoms with E-state index in [9.17, 15) is 19.8 Å². The van der Waals surface area contributed by atoms with E-state index < -0.39 is 17.4 Å². The molecule has 6 heteroatoms. The third-order valence-corrected chi connectivity index (χ3v) is 3.10. The highest BCUT2D eigenvalue weighted by atomic mass is 35.5. The van der Waals surface area contributed by atoms with Gasteiger partial charge in [-0.2, -0.15) is 0 Å². The van der Waals surface area contributed by atoms with Crippen LogP contribution in [0.15, 0.2) is 18.2 Å². The zero-order chi connectivity index (χ0) is 12.6. The summed E-state index contributed by atoms with van der Waals surface area (Å²) in [7, 11) is 0. The first-order valence-electron chi connectivity index (χ1n) is 4.88. The Morgan fingerprint density at radius 3 is 2.53 bits per heavy atom. The van der Waals surface area contributed by atoms with Crippen molar-refractivity contribution in [3.63, 3.8) is 0 Å². The number of hydrogen-bond donors (Lipinski definition) is 2. The molecule has 2 N–H and O–H groups in total. The molecule has 0 saturated carbocycles. The molecule has 0 fully saturated rings. The van der Waals surface area contributed by atoms with E-state index in [0.717, 1.165) is 0 Å². The largest absolute Gasteiger partial charge is 0.493 e. The average Bonchev–Trinajstić information content (AvgIpc) is 2.26. The highest BCUT2D eigenvalue weighted by Gasteiger charge is 2.51. The Kier molecular flexibility index (Phi) is 2.71. The van der Waals surface area contributed by atoms with Crippen LogP contribution in [0.1, 0.15) is 12.0 Å². The number of carboxylic acid groups (broad SMARTS) is 2. The molecule has 1 aromatic carbocycles. The predicted molar refractivity (Wildman–Crippen MR) is 58.5 cm³/mol. The summed E-state index contributed by atoms with van der Waals surface area (Å²) >= 11 is 5.75. The van der Waals surface area contributed by atoms with Crippen molar-refractivity contribution < 1.29 is 24.5 Å². The van der Waals surface area contributed by atoms with Gasteiger partial charge in [0.15, 0.2) is 5.41 Å². The van der Waals surface area contributed by atoms with Gasteiger partial charge in [-0.1, -0.05) is 17.7 Å². The molecule has 2 rings (SSSR count). The van der Waals surface area contributed by atoms with Gasteiger partial charge in [0.1, 0.15) is 5.75 Å². The van der Waals surface area contributed by atoms with Gasteiger partial charge in [0, 0.05) is 17.0 Å². The Hall–Kier alpha value is -1.75. The van der Waals surface area contributed by atoms with Crippen molar-refractivity contribution in [1.29, 1.82) is 0 Å². The minimum absolute atomic E-state index is 0.0337. The van der Waals surface area contributed by atoms with Crippen LogP contribution in [-0.2, 0) is 15.0 Å². The molecule has 0 atom stereocenters. The lowest BCUT2D eigenvalue weighted by molar-refractivity contribution is -0.159. The van der Waals surface area contributed by atoms with Crippen LogP contribution < -0.4 is 4.74 Å². The molecular formula is C11H9ClO5. The van der Waals surface area contributed by atoms with Crippen LogP contribution in [-0.4, -0.2) is 28.8 Å². The first-order chi connectivity index (χ1) is 7.98. The van der Waals surface area contributed by atoms with Crippen LogP contribution in [0, 0.1) is 0 Å². The maximum absolute atomic E-state index is 11.3. The lowest BCUT2D eigenvalue weighted by atomic mass is 9.76. The molecule has 1 aliphatic rings. The minimum Gasteiger partial charge on any atom is -0.493 e. The lowest BCUT2D eigenvalue weighted by Gasteiger charge is -2.31. The van der Waals surface area contributed by atoms with Gasteiger partial charge in [-0.05, 0) is 12.1 Å². The number of ether oxygens (including phenoxy) is 1. The van der Waals surface area contributed by atoms with Gasteiger partial charge in [0.05, 0.1) is 6.61 Å². The summed E-state index contributed by atoms with van der Waals surface area (Å²) in [6.07, 6.45) is -0.105. The van der Waals surface area contributed by atoms with Crippen molar-refractivity contribution in [3.05, 3.63) is 28.8 Å². The van der Waals surface area contributed by atoms with E-state index >= 15 is 0 Å². The predicted octanol–water partition coefficient (Wildman–Crippen LogP) is 1.53. The van der Waals surface area contributed by atoms with Crippen molar-refractivity contribution in [2.45, 2.75) is 11.8 Å².